The number of nitrogens with zero attached hydrogens (tertiary/aromatic N) is 3. The van der Waals surface area contributed by atoms with Gasteiger partial charge in [0.2, 0.25) is 0 Å². The first kappa shape index (κ1) is 18.0. The van der Waals surface area contributed by atoms with Gasteiger partial charge >= 0.3 is 6.03 Å². The van der Waals surface area contributed by atoms with E-state index in [2.05, 4.69) is 20.8 Å². The highest BCUT2D eigenvalue weighted by Gasteiger charge is 2.45. The van der Waals surface area contributed by atoms with E-state index in [-0.39, 0.29) is 11.9 Å². The molecule has 28 heavy (non-hydrogen) atoms. The molecule has 2 aliphatic heterocycles. The van der Waals surface area contributed by atoms with Crippen LogP contribution in [-0.2, 0) is 9.63 Å². The highest BCUT2D eigenvalue weighted by molar-refractivity contribution is 6.43. The Morgan fingerprint density at radius 2 is 1.89 bits per heavy atom. The van der Waals surface area contributed by atoms with E-state index in [1.54, 1.807) is 29.4 Å². The third-order valence-corrected chi connectivity index (χ3v) is 4.87. The molecule has 8 heteroatoms. The molecule has 1 aromatic heterocycles. The van der Waals surface area contributed by atoms with Crippen LogP contribution in [0.5, 0.6) is 0 Å². The molecule has 8 nitrogen and oxygen atoms in total. The lowest BCUT2D eigenvalue weighted by Crippen LogP contribution is -2.52. The minimum atomic E-state index is -0.645. The Bertz CT molecular complexity index is 887. The molecule has 2 aromatic rings. The average Bonchev–Trinajstić information content (AvgIpc) is 3.13. The summed E-state index contributed by atoms with van der Waals surface area (Å²) < 4.78 is 0. The first-order valence-corrected chi connectivity index (χ1v) is 9.21. The average molecular weight is 379 g/mol. The summed E-state index contributed by atoms with van der Waals surface area (Å²) in [5.74, 6) is -0.310. The molecule has 1 fully saturated rings. The van der Waals surface area contributed by atoms with Crippen molar-refractivity contribution in [3.8, 4) is 0 Å². The van der Waals surface area contributed by atoms with Crippen molar-refractivity contribution in [2.24, 2.45) is 5.16 Å². The Hall–Kier alpha value is -3.42. The summed E-state index contributed by atoms with van der Waals surface area (Å²) in [6.07, 6.45) is 5.11. The molecule has 1 spiro atoms. The van der Waals surface area contributed by atoms with Gasteiger partial charge in [0.05, 0.1) is 18.4 Å². The maximum atomic E-state index is 12.6. The number of carbonyl (C=O) groups is 2. The van der Waals surface area contributed by atoms with Gasteiger partial charge in [0.15, 0.2) is 5.60 Å². The molecule has 2 aliphatic rings. The van der Waals surface area contributed by atoms with E-state index in [0.29, 0.717) is 30.9 Å². The SMILES string of the molecule is O=C(Nc1cccnc1)C1=NOC2(CCCN(C(=O)Nc3ccccc3)C2)C1. The predicted molar refractivity (Wildman–Crippen MR) is 105 cm³/mol. The largest absolute Gasteiger partial charge is 0.386 e. The number of rotatable bonds is 3. The zero-order valence-corrected chi connectivity index (χ0v) is 15.3. The first-order chi connectivity index (χ1) is 13.6. The van der Waals surface area contributed by atoms with Crippen molar-refractivity contribution in [1.29, 1.82) is 0 Å². The number of hydrogen-bond donors (Lipinski definition) is 2. The number of nitrogens with one attached hydrogen (secondary N) is 2. The van der Waals surface area contributed by atoms with E-state index >= 15 is 0 Å². The van der Waals surface area contributed by atoms with Crippen molar-refractivity contribution in [3.05, 3.63) is 54.9 Å². The molecule has 0 radical (unpaired) electrons. The van der Waals surface area contributed by atoms with Crippen LogP contribution < -0.4 is 10.6 Å². The Morgan fingerprint density at radius 3 is 2.68 bits per heavy atom. The van der Waals surface area contributed by atoms with Crippen LogP contribution in [0, 0.1) is 0 Å². The second kappa shape index (κ2) is 7.67. The molecule has 3 heterocycles. The van der Waals surface area contributed by atoms with Gasteiger partial charge in [-0.15, -0.1) is 0 Å². The van der Waals surface area contributed by atoms with E-state index in [1.165, 1.54) is 0 Å². The van der Waals surface area contributed by atoms with Gasteiger partial charge in [0, 0.05) is 24.8 Å². The maximum absolute atomic E-state index is 12.6. The van der Waals surface area contributed by atoms with Crippen LogP contribution in [0.15, 0.2) is 60.0 Å². The molecule has 1 unspecified atom stereocenters. The van der Waals surface area contributed by atoms with Gasteiger partial charge < -0.3 is 20.4 Å². The summed E-state index contributed by atoms with van der Waals surface area (Å²) in [5.41, 5.74) is 1.03. The lowest BCUT2D eigenvalue weighted by Gasteiger charge is -2.38. The number of hydrogen-bond acceptors (Lipinski definition) is 5. The minimum absolute atomic E-state index is 0.179. The summed E-state index contributed by atoms with van der Waals surface area (Å²) >= 11 is 0. The van der Waals surface area contributed by atoms with Gasteiger partial charge in [-0.05, 0) is 37.1 Å². The molecular weight excluding hydrogens is 358 g/mol. The van der Waals surface area contributed by atoms with Crippen molar-refractivity contribution in [3.63, 3.8) is 0 Å². The van der Waals surface area contributed by atoms with Crippen LogP contribution in [0.4, 0.5) is 16.2 Å². The number of likely N-dealkylation sites (tertiary alicyclic amines) is 1. The van der Waals surface area contributed by atoms with Crippen LogP contribution in [0.1, 0.15) is 19.3 Å². The van der Waals surface area contributed by atoms with Crippen LogP contribution in [0.25, 0.3) is 0 Å². The van der Waals surface area contributed by atoms with Gasteiger partial charge in [-0.3, -0.25) is 9.78 Å². The quantitative estimate of drug-likeness (QED) is 0.857. The Morgan fingerprint density at radius 1 is 1.07 bits per heavy atom. The van der Waals surface area contributed by atoms with Crippen molar-refractivity contribution in [1.82, 2.24) is 9.88 Å². The highest BCUT2D eigenvalue weighted by atomic mass is 16.7. The molecule has 2 N–H and O–H groups in total. The van der Waals surface area contributed by atoms with Gasteiger partial charge in [0.1, 0.15) is 5.71 Å². The lowest BCUT2D eigenvalue weighted by molar-refractivity contribution is -0.110. The molecule has 0 bridgehead atoms. The van der Waals surface area contributed by atoms with E-state index in [1.807, 2.05) is 30.3 Å². The number of para-hydroxylation sites is 1. The van der Waals surface area contributed by atoms with E-state index in [0.717, 1.165) is 18.5 Å². The minimum Gasteiger partial charge on any atom is -0.386 e. The standard InChI is InChI=1S/C20H21N5O3/c26-18(22-16-8-4-10-21-13-16)17-12-20(28-24-17)9-5-11-25(14-20)19(27)23-15-6-2-1-3-7-15/h1-4,6-8,10,13H,5,9,11-12,14H2,(H,22,26)(H,23,27). The summed E-state index contributed by atoms with van der Waals surface area (Å²) in [5, 5.41) is 9.67. The van der Waals surface area contributed by atoms with Crippen LogP contribution in [-0.4, -0.2) is 46.2 Å². The van der Waals surface area contributed by atoms with Crippen molar-refractivity contribution >= 4 is 29.0 Å². The summed E-state index contributed by atoms with van der Waals surface area (Å²) in [6.45, 7) is 1.03. The number of anilines is 2. The molecule has 1 aromatic carbocycles. The third kappa shape index (κ3) is 3.95. The topological polar surface area (TPSA) is 95.9 Å². The number of amides is 3. The normalized spacial score (nSPS) is 21.0. The fourth-order valence-electron chi connectivity index (χ4n) is 3.50. The fraction of sp³-hybridized carbons (Fsp3) is 0.300. The van der Waals surface area contributed by atoms with Crippen molar-refractivity contribution < 1.29 is 14.4 Å². The monoisotopic (exact) mass is 379 g/mol. The van der Waals surface area contributed by atoms with Crippen molar-refractivity contribution in [2.45, 2.75) is 24.9 Å². The van der Waals surface area contributed by atoms with Gasteiger partial charge in [0.25, 0.3) is 5.91 Å². The van der Waals surface area contributed by atoms with Gasteiger partial charge in [-0.25, -0.2) is 4.79 Å². The molecule has 4 rings (SSSR count). The zero-order valence-electron chi connectivity index (χ0n) is 15.3. The third-order valence-electron chi connectivity index (χ3n) is 4.87. The maximum Gasteiger partial charge on any atom is 0.321 e. The first-order valence-electron chi connectivity index (χ1n) is 9.21. The number of urea groups is 1. The number of piperidine rings is 1. The molecule has 144 valence electrons. The Balaban J connectivity index is 1.37. The summed E-state index contributed by atoms with van der Waals surface area (Å²) in [6, 6.07) is 12.6. The van der Waals surface area contributed by atoms with Crippen LogP contribution in [0.2, 0.25) is 0 Å². The molecule has 0 aliphatic carbocycles. The van der Waals surface area contributed by atoms with Gasteiger partial charge in [-0.1, -0.05) is 23.4 Å². The van der Waals surface area contributed by atoms with E-state index < -0.39 is 5.60 Å². The zero-order chi connectivity index (χ0) is 19.4. The summed E-state index contributed by atoms with van der Waals surface area (Å²) in [4.78, 5) is 36.4. The lowest BCUT2D eigenvalue weighted by atomic mass is 9.88. The van der Waals surface area contributed by atoms with E-state index in [9.17, 15) is 9.59 Å². The van der Waals surface area contributed by atoms with Gasteiger partial charge in [-0.2, -0.15) is 0 Å². The Labute approximate surface area is 162 Å². The second-order valence-electron chi connectivity index (χ2n) is 7.01. The number of carbonyl (C=O) groups excluding carboxylic acids is 2. The van der Waals surface area contributed by atoms with Crippen LogP contribution in [0.3, 0.4) is 0 Å². The fourth-order valence-corrected chi connectivity index (χ4v) is 3.50. The molecule has 3 amide bonds. The highest BCUT2D eigenvalue weighted by Crippen LogP contribution is 2.34. The number of oxime groups is 1. The summed E-state index contributed by atoms with van der Waals surface area (Å²) in [7, 11) is 0. The van der Waals surface area contributed by atoms with E-state index in [4.69, 9.17) is 4.84 Å². The smallest absolute Gasteiger partial charge is 0.321 e. The van der Waals surface area contributed by atoms with Crippen molar-refractivity contribution in [2.75, 3.05) is 23.7 Å². The molecule has 1 atom stereocenters. The predicted octanol–water partition coefficient (Wildman–Crippen LogP) is 2.86. The molecular formula is C20H21N5O3. The molecule has 0 saturated carbocycles. The second-order valence-corrected chi connectivity index (χ2v) is 7.01. The Kier molecular flexibility index (Phi) is 4.92. The van der Waals surface area contributed by atoms with Crippen LogP contribution >= 0.6 is 0 Å². The number of aromatic nitrogens is 1. The number of benzene rings is 1. The molecule has 1 saturated heterocycles. The number of pyridine rings is 1.